The molecule has 29 heavy (non-hydrogen) atoms. The molecule has 0 saturated heterocycles. The van der Waals surface area contributed by atoms with Crippen LogP contribution in [0.25, 0.3) is 0 Å². The molecule has 0 amide bonds. The van der Waals surface area contributed by atoms with Crippen molar-refractivity contribution in [1.82, 2.24) is 0 Å². The normalized spacial score (nSPS) is 26.0. The van der Waals surface area contributed by atoms with Crippen LogP contribution in [-0.2, 0) is 6.42 Å². The van der Waals surface area contributed by atoms with Gasteiger partial charge in [0.05, 0.1) is 0 Å². The molecule has 0 spiro atoms. The lowest BCUT2D eigenvalue weighted by Gasteiger charge is -2.47. The van der Waals surface area contributed by atoms with E-state index in [1.165, 1.54) is 18.2 Å². The van der Waals surface area contributed by atoms with Gasteiger partial charge in [0.15, 0.2) is 0 Å². The fraction of sp³-hybridized carbons (Fsp3) is 0.417. The third-order valence-corrected chi connectivity index (χ3v) is 7.15. The van der Waals surface area contributed by atoms with Gasteiger partial charge in [-0.3, -0.25) is 0 Å². The lowest BCUT2D eigenvalue weighted by molar-refractivity contribution is 0.160. The van der Waals surface area contributed by atoms with Gasteiger partial charge in [-0.1, -0.05) is 17.7 Å². The van der Waals surface area contributed by atoms with Crippen LogP contribution in [0.5, 0.6) is 0 Å². The summed E-state index contributed by atoms with van der Waals surface area (Å²) in [4.78, 5) is 0. The van der Waals surface area contributed by atoms with Crippen molar-refractivity contribution in [1.29, 1.82) is 0 Å². The molecule has 154 valence electrons. The van der Waals surface area contributed by atoms with Gasteiger partial charge < -0.3 is 0 Å². The summed E-state index contributed by atoms with van der Waals surface area (Å²) >= 11 is 5.70. The summed E-state index contributed by atoms with van der Waals surface area (Å²) < 4.78 is 56.8. The van der Waals surface area contributed by atoms with Crippen molar-refractivity contribution in [2.75, 3.05) is 0 Å². The van der Waals surface area contributed by atoms with Gasteiger partial charge in [-0.15, -0.1) is 6.58 Å². The van der Waals surface area contributed by atoms with Crippen molar-refractivity contribution in [3.63, 3.8) is 0 Å². The Morgan fingerprint density at radius 3 is 2.38 bits per heavy atom. The second-order valence-corrected chi connectivity index (χ2v) is 8.67. The van der Waals surface area contributed by atoms with Crippen LogP contribution in [0.15, 0.2) is 36.9 Å². The van der Waals surface area contributed by atoms with E-state index in [0.717, 1.165) is 37.3 Å². The molecule has 0 aromatic heterocycles. The minimum Gasteiger partial charge on any atom is -0.207 e. The molecule has 0 aliphatic heterocycles. The third-order valence-electron chi connectivity index (χ3n) is 6.79. The second-order valence-electron chi connectivity index (χ2n) is 8.29. The predicted octanol–water partition coefficient (Wildman–Crippen LogP) is 7.70. The summed E-state index contributed by atoms with van der Waals surface area (Å²) in [6.45, 7) is 3.79. The molecule has 2 aromatic carbocycles. The molecule has 0 nitrogen and oxygen atoms in total. The maximum Gasteiger partial charge on any atom is 0.145 e. The van der Waals surface area contributed by atoms with E-state index in [9.17, 15) is 17.6 Å². The second kappa shape index (κ2) is 8.14. The van der Waals surface area contributed by atoms with Crippen LogP contribution in [-0.4, -0.2) is 0 Å². The average Bonchev–Trinajstić information content (AvgIpc) is 2.69. The Morgan fingerprint density at radius 1 is 0.966 bits per heavy atom. The molecule has 1 saturated carbocycles. The topological polar surface area (TPSA) is 0 Å². The van der Waals surface area contributed by atoms with Crippen LogP contribution in [0.3, 0.4) is 0 Å². The Bertz CT molecular complexity index is 916. The maximum absolute atomic E-state index is 14.3. The number of benzene rings is 2. The van der Waals surface area contributed by atoms with E-state index in [1.54, 1.807) is 0 Å². The number of halogens is 5. The fourth-order valence-electron chi connectivity index (χ4n) is 5.63. The van der Waals surface area contributed by atoms with Crippen molar-refractivity contribution < 1.29 is 17.6 Å². The van der Waals surface area contributed by atoms with Crippen molar-refractivity contribution in [3.8, 4) is 0 Å². The molecule has 4 unspecified atom stereocenters. The Morgan fingerprint density at radius 2 is 1.69 bits per heavy atom. The monoisotopic (exact) mass is 422 g/mol. The molecule has 2 aromatic rings. The quantitative estimate of drug-likeness (QED) is 0.269. The first-order chi connectivity index (χ1) is 13.9. The third kappa shape index (κ3) is 3.72. The van der Waals surface area contributed by atoms with Crippen molar-refractivity contribution in [2.45, 2.75) is 50.4 Å². The van der Waals surface area contributed by atoms with Gasteiger partial charge in [-0.2, -0.15) is 0 Å². The summed E-state index contributed by atoms with van der Waals surface area (Å²) in [5, 5.41) is -0.498. The van der Waals surface area contributed by atoms with E-state index in [1.807, 2.05) is 6.08 Å². The largest absolute Gasteiger partial charge is 0.207 e. The summed E-state index contributed by atoms with van der Waals surface area (Å²) in [7, 11) is 0. The molecule has 0 N–H and O–H groups in total. The zero-order valence-electron chi connectivity index (χ0n) is 16.0. The molecule has 0 radical (unpaired) electrons. The SMILES string of the molecule is C=CCCC1CCC2c3cc(F)cc(F)c3CCC2C1c1cc(F)c(Cl)c(F)c1. The highest BCUT2D eigenvalue weighted by atomic mass is 35.5. The molecule has 2 aliphatic rings. The number of fused-ring (bicyclic) bond motifs is 3. The van der Waals surface area contributed by atoms with Crippen LogP contribution < -0.4 is 0 Å². The predicted molar refractivity (Wildman–Crippen MR) is 107 cm³/mol. The van der Waals surface area contributed by atoms with Crippen LogP contribution >= 0.6 is 11.6 Å². The van der Waals surface area contributed by atoms with E-state index in [-0.39, 0.29) is 23.7 Å². The standard InChI is InChI=1S/C24H23ClF4/c1-2-3-4-13-5-6-16-18(8-7-17-19(16)11-15(26)12-20(17)27)23(13)14-9-21(28)24(25)22(29)10-14/h2,9-13,16,18,23H,1,3-8H2. The lowest BCUT2D eigenvalue weighted by atomic mass is 9.57. The molecule has 2 aliphatic carbocycles. The summed E-state index contributed by atoms with van der Waals surface area (Å²) in [6, 6.07) is 5.05. The van der Waals surface area contributed by atoms with Gasteiger partial charge in [0.25, 0.3) is 0 Å². The van der Waals surface area contributed by atoms with Gasteiger partial charge in [-0.25, -0.2) is 17.6 Å². The fourth-order valence-corrected chi connectivity index (χ4v) is 5.73. The van der Waals surface area contributed by atoms with E-state index >= 15 is 0 Å². The first-order valence-corrected chi connectivity index (χ1v) is 10.5. The molecule has 4 rings (SSSR count). The highest BCUT2D eigenvalue weighted by Gasteiger charge is 2.43. The van der Waals surface area contributed by atoms with E-state index in [2.05, 4.69) is 6.58 Å². The number of rotatable bonds is 4. The molecule has 1 fully saturated rings. The van der Waals surface area contributed by atoms with Gasteiger partial charge in [0.2, 0.25) is 0 Å². The first kappa shape index (κ1) is 20.5. The number of hydrogen-bond donors (Lipinski definition) is 0. The zero-order chi connectivity index (χ0) is 20.7. The molecule has 4 atom stereocenters. The highest BCUT2D eigenvalue weighted by Crippen LogP contribution is 2.55. The van der Waals surface area contributed by atoms with Crippen molar-refractivity contribution in [2.24, 2.45) is 11.8 Å². The van der Waals surface area contributed by atoms with Gasteiger partial charge >= 0.3 is 0 Å². The van der Waals surface area contributed by atoms with Crippen molar-refractivity contribution >= 4 is 11.6 Å². The minimum atomic E-state index is -0.764. The van der Waals surface area contributed by atoms with Crippen LogP contribution in [0.2, 0.25) is 5.02 Å². The summed E-state index contributed by atoms with van der Waals surface area (Å²) in [6.07, 6.45) is 6.41. The van der Waals surface area contributed by atoms with Gasteiger partial charge in [-0.05, 0) is 97.1 Å². The minimum absolute atomic E-state index is 0.0178. The molecule has 5 heteroatoms. The number of hydrogen-bond acceptors (Lipinski definition) is 0. The maximum atomic E-state index is 14.3. The van der Waals surface area contributed by atoms with Crippen LogP contribution in [0.4, 0.5) is 17.6 Å². The number of allylic oxidation sites excluding steroid dienone is 1. The summed E-state index contributed by atoms with van der Waals surface area (Å²) in [5.41, 5.74) is 1.90. The first-order valence-electron chi connectivity index (χ1n) is 10.1. The zero-order valence-corrected chi connectivity index (χ0v) is 16.8. The Labute approximate surface area is 173 Å². The van der Waals surface area contributed by atoms with Gasteiger partial charge in [0, 0.05) is 6.07 Å². The molecular weight excluding hydrogens is 400 g/mol. The Balaban J connectivity index is 1.78. The Hall–Kier alpha value is -1.81. The van der Waals surface area contributed by atoms with E-state index < -0.39 is 28.3 Å². The molecular formula is C24H23ClF4. The highest BCUT2D eigenvalue weighted by molar-refractivity contribution is 6.30. The smallest absolute Gasteiger partial charge is 0.145 e. The summed E-state index contributed by atoms with van der Waals surface area (Å²) in [5.74, 6) is -2.39. The van der Waals surface area contributed by atoms with Gasteiger partial charge in [0.1, 0.15) is 28.3 Å². The van der Waals surface area contributed by atoms with E-state index in [0.29, 0.717) is 24.0 Å². The molecule has 0 heterocycles. The van der Waals surface area contributed by atoms with Crippen LogP contribution in [0, 0.1) is 35.1 Å². The lowest BCUT2D eigenvalue weighted by Crippen LogP contribution is -2.35. The average molecular weight is 423 g/mol. The van der Waals surface area contributed by atoms with E-state index in [4.69, 9.17) is 11.6 Å². The Kier molecular flexibility index (Phi) is 5.74. The van der Waals surface area contributed by atoms with Crippen LogP contribution in [0.1, 0.15) is 60.6 Å². The van der Waals surface area contributed by atoms with Crippen molar-refractivity contribution in [3.05, 3.63) is 81.9 Å². The molecule has 0 bridgehead atoms.